The van der Waals surface area contributed by atoms with Gasteiger partial charge in [-0.05, 0) is 73.6 Å². The van der Waals surface area contributed by atoms with E-state index >= 15 is 0 Å². The van der Waals surface area contributed by atoms with Crippen LogP contribution in [0, 0.1) is 13.8 Å². The van der Waals surface area contributed by atoms with Gasteiger partial charge in [0.15, 0.2) is 5.11 Å². The van der Waals surface area contributed by atoms with Crippen LogP contribution < -0.4 is 5.32 Å². The zero-order valence-corrected chi connectivity index (χ0v) is 16.3. The number of halogens is 1. The first-order valence-corrected chi connectivity index (χ1v) is 9.06. The van der Waals surface area contributed by atoms with Gasteiger partial charge in [0, 0.05) is 29.6 Å². The molecule has 0 aliphatic heterocycles. The molecule has 2 heterocycles. The summed E-state index contributed by atoms with van der Waals surface area (Å²) in [5.74, 6) is 1.75. The van der Waals surface area contributed by atoms with E-state index in [9.17, 15) is 0 Å². The van der Waals surface area contributed by atoms with Gasteiger partial charge in [-0.3, -0.25) is 4.98 Å². The van der Waals surface area contributed by atoms with Crippen LogP contribution in [-0.2, 0) is 13.1 Å². The highest BCUT2D eigenvalue weighted by Crippen LogP contribution is 2.20. The Morgan fingerprint density at radius 2 is 2.04 bits per heavy atom. The largest absolute Gasteiger partial charge is 0.464 e. The summed E-state index contributed by atoms with van der Waals surface area (Å²) in [6.07, 6.45) is 3.60. The second kappa shape index (κ2) is 8.34. The first kappa shape index (κ1) is 18.4. The summed E-state index contributed by atoms with van der Waals surface area (Å²) in [6, 6.07) is 13.6. The molecule has 0 radical (unpaired) electrons. The second-order valence-corrected chi connectivity index (χ2v) is 6.92. The van der Waals surface area contributed by atoms with Gasteiger partial charge in [-0.25, -0.2) is 0 Å². The Kier molecular flexibility index (Phi) is 5.91. The molecule has 0 atom stereocenters. The molecule has 0 aliphatic carbocycles. The highest BCUT2D eigenvalue weighted by atomic mass is 35.5. The molecule has 1 aromatic carbocycles. The predicted molar refractivity (Wildman–Crippen MR) is 109 cm³/mol. The van der Waals surface area contributed by atoms with E-state index in [1.54, 1.807) is 6.20 Å². The van der Waals surface area contributed by atoms with Gasteiger partial charge in [0.05, 0.1) is 6.54 Å². The number of pyridine rings is 1. The summed E-state index contributed by atoms with van der Waals surface area (Å²) >= 11 is 11.8. The van der Waals surface area contributed by atoms with Crippen molar-refractivity contribution in [3.05, 3.63) is 82.5 Å². The van der Waals surface area contributed by atoms with Crippen molar-refractivity contribution in [2.75, 3.05) is 5.32 Å². The van der Waals surface area contributed by atoms with E-state index < -0.39 is 0 Å². The average Bonchev–Trinajstić information content (AvgIpc) is 3.03. The third kappa shape index (κ3) is 4.84. The van der Waals surface area contributed by atoms with Gasteiger partial charge in [0.1, 0.15) is 11.5 Å². The lowest BCUT2D eigenvalue weighted by Crippen LogP contribution is -2.33. The van der Waals surface area contributed by atoms with E-state index in [0.29, 0.717) is 18.2 Å². The Labute approximate surface area is 163 Å². The van der Waals surface area contributed by atoms with Gasteiger partial charge in [0.25, 0.3) is 0 Å². The second-order valence-electron chi connectivity index (χ2n) is 6.12. The first-order valence-electron chi connectivity index (χ1n) is 8.27. The number of furan rings is 1. The van der Waals surface area contributed by atoms with Crippen molar-refractivity contribution in [2.45, 2.75) is 26.9 Å². The van der Waals surface area contributed by atoms with Crippen molar-refractivity contribution in [1.82, 2.24) is 9.88 Å². The highest BCUT2D eigenvalue weighted by Gasteiger charge is 2.14. The van der Waals surface area contributed by atoms with Crippen LogP contribution in [0.15, 0.2) is 59.3 Å². The SMILES string of the molecule is Cc1ccc(CN(Cc2cccnc2)C(=S)Nc2ccc(Cl)c(C)c2)o1. The molecule has 0 fully saturated rings. The quantitative estimate of drug-likeness (QED) is 0.600. The fourth-order valence-electron chi connectivity index (χ4n) is 2.59. The molecular formula is C20H20ClN3OS. The fraction of sp³-hybridized carbons (Fsp3) is 0.200. The van der Waals surface area contributed by atoms with Crippen molar-refractivity contribution in [3.8, 4) is 0 Å². The molecule has 6 heteroatoms. The maximum Gasteiger partial charge on any atom is 0.174 e. The standard InChI is InChI=1S/C20H20ClN3OS/c1-14-10-17(6-8-19(14)21)23-20(26)24(12-16-4-3-9-22-11-16)13-18-7-5-15(2)25-18/h3-11H,12-13H2,1-2H3,(H,23,26). The van der Waals surface area contributed by atoms with Crippen LogP contribution in [0.3, 0.4) is 0 Å². The topological polar surface area (TPSA) is 41.3 Å². The number of thiocarbonyl (C=S) groups is 1. The van der Waals surface area contributed by atoms with Crippen LogP contribution in [-0.4, -0.2) is 15.0 Å². The molecule has 0 spiro atoms. The van der Waals surface area contributed by atoms with Crippen LogP contribution in [0.5, 0.6) is 0 Å². The third-order valence-electron chi connectivity index (χ3n) is 3.94. The normalized spacial score (nSPS) is 10.6. The van der Waals surface area contributed by atoms with E-state index in [1.165, 1.54) is 0 Å². The van der Waals surface area contributed by atoms with Crippen LogP contribution in [0.1, 0.15) is 22.6 Å². The number of aromatic nitrogens is 1. The zero-order valence-electron chi connectivity index (χ0n) is 14.7. The van der Waals surface area contributed by atoms with E-state index in [-0.39, 0.29) is 0 Å². The minimum atomic E-state index is 0.571. The molecule has 0 saturated carbocycles. The van der Waals surface area contributed by atoms with Gasteiger partial charge < -0.3 is 14.6 Å². The van der Waals surface area contributed by atoms with Crippen molar-refractivity contribution in [2.24, 2.45) is 0 Å². The molecule has 0 bridgehead atoms. The Bertz CT molecular complexity index is 895. The smallest absolute Gasteiger partial charge is 0.174 e. The molecule has 3 aromatic rings. The van der Waals surface area contributed by atoms with Gasteiger partial charge >= 0.3 is 0 Å². The number of anilines is 1. The summed E-state index contributed by atoms with van der Waals surface area (Å²) in [6.45, 7) is 5.10. The number of aryl methyl sites for hydroxylation is 2. The lowest BCUT2D eigenvalue weighted by atomic mass is 10.2. The Balaban J connectivity index is 1.78. The molecule has 0 amide bonds. The lowest BCUT2D eigenvalue weighted by Gasteiger charge is -2.25. The van der Waals surface area contributed by atoms with Crippen LogP contribution in [0.4, 0.5) is 5.69 Å². The van der Waals surface area contributed by atoms with Gasteiger partial charge in [-0.2, -0.15) is 0 Å². The average molecular weight is 386 g/mol. The van der Waals surface area contributed by atoms with Crippen molar-refractivity contribution < 1.29 is 4.42 Å². The Morgan fingerprint density at radius 3 is 2.69 bits per heavy atom. The van der Waals surface area contributed by atoms with Crippen LogP contribution in [0.25, 0.3) is 0 Å². The fourth-order valence-corrected chi connectivity index (χ4v) is 2.96. The molecule has 134 valence electrons. The molecule has 0 aliphatic rings. The van der Waals surface area contributed by atoms with E-state index in [2.05, 4.69) is 15.2 Å². The van der Waals surface area contributed by atoms with Crippen molar-refractivity contribution in [1.29, 1.82) is 0 Å². The Morgan fingerprint density at radius 1 is 1.19 bits per heavy atom. The van der Waals surface area contributed by atoms with Crippen LogP contribution in [0.2, 0.25) is 5.02 Å². The third-order valence-corrected chi connectivity index (χ3v) is 4.72. The monoisotopic (exact) mass is 385 g/mol. The van der Waals surface area contributed by atoms with Gasteiger partial charge in [-0.1, -0.05) is 17.7 Å². The number of nitrogens with one attached hydrogen (secondary N) is 1. The molecular weight excluding hydrogens is 366 g/mol. The zero-order chi connectivity index (χ0) is 18.5. The summed E-state index contributed by atoms with van der Waals surface area (Å²) in [7, 11) is 0. The summed E-state index contributed by atoms with van der Waals surface area (Å²) in [5.41, 5.74) is 2.98. The molecule has 4 nitrogen and oxygen atoms in total. The molecule has 1 N–H and O–H groups in total. The molecule has 26 heavy (non-hydrogen) atoms. The van der Waals surface area contributed by atoms with E-state index in [1.807, 2.05) is 62.5 Å². The minimum Gasteiger partial charge on any atom is -0.464 e. The highest BCUT2D eigenvalue weighted by molar-refractivity contribution is 7.80. The number of hydrogen-bond donors (Lipinski definition) is 1. The lowest BCUT2D eigenvalue weighted by molar-refractivity contribution is 0.354. The molecule has 3 rings (SSSR count). The van der Waals surface area contributed by atoms with Crippen molar-refractivity contribution in [3.63, 3.8) is 0 Å². The van der Waals surface area contributed by atoms with Crippen LogP contribution >= 0.6 is 23.8 Å². The van der Waals surface area contributed by atoms with Gasteiger partial charge in [0.2, 0.25) is 0 Å². The summed E-state index contributed by atoms with van der Waals surface area (Å²) < 4.78 is 5.72. The predicted octanol–water partition coefficient (Wildman–Crippen LogP) is 5.34. The number of rotatable bonds is 5. The maximum atomic E-state index is 6.11. The minimum absolute atomic E-state index is 0.571. The maximum absolute atomic E-state index is 6.11. The summed E-state index contributed by atoms with van der Waals surface area (Å²) in [5, 5.41) is 4.65. The van der Waals surface area contributed by atoms with E-state index in [4.69, 9.17) is 28.2 Å². The Hall–Kier alpha value is -2.37. The number of nitrogens with zero attached hydrogens (tertiary/aromatic N) is 2. The summed E-state index contributed by atoms with van der Waals surface area (Å²) in [4.78, 5) is 6.24. The molecule has 2 aromatic heterocycles. The van der Waals surface area contributed by atoms with Crippen molar-refractivity contribution >= 4 is 34.6 Å². The molecule has 0 unspecified atom stereocenters. The van der Waals surface area contributed by atoms with E-state index in [0.717, 1.165) is 33.4 Å². The van der Waals surface area contributed by atoms with Gasteiger partial charge in [-0.15, -0.1) is 0 Å². The number of benzene rings is 1. The number of hydrogen-bond acceptors (Lipinski definition) is 3. The molecule has 0 saturated heterocycles. The first-order chi connectivity index (χ1) is 12.5.